The van der Waals surface area contributed by atoms with Crippen LogP contribution in [0.4, 0.5) is 8.78 Å². The minimum atomic E-state index is -1.30. The first-order valence-electron chi connectivity index (χ1n) is 6.58. The Morgan fingerprint density at radius 2 is 1.95 bits per heavy atom. The van der Waals surface area contributed by atoms with Crippen molar-refractivity contribution < 1.29 is 23.2 Å². The van der Waals surface area contributed by atoms with Crippen molar-refractivity contribution in [1.29, 1.82) is 0 Å². The lowest BCUT2D eigenvalue weighted by Gasteiger charge is -2.26. The smallest absolute Gasteiger partial charge is 0.255 e. The number of carbonyl (C=O) groups excluding carboxylic acids is 1. The molecule has 0 spiro atoms. The zero-order valence-corrected chi connectivity index (χ0v) is 12.6. The van der Waals surface area contributed by atoms with E-state index in [9.17, 15) is 18.7 Å². The normalized spacial score (nSPS) is 11.5. The number of halogens is 2. The zero-order chi connectivity index (χ0) is 16.7. The molecule has 2 rings (SSSR count). The topological polar surface area (TPSA) is 75.4 Å². The van der Waals surface area contributed by atoms with E-state index in [-0.39, 0.29) is 0 Å². The molecule has 0 saturated heterocycles. The van der Waals surface area contributed by atoms with Crippen LogP contribution in [-0.2, 0) is 5.54 Å². The van der Waals surface area contributed by atoms with Gasteiger partial charge in [-0.15, -0.1) is 0 Å². The quantitative estimate of drug-likeness (QED) is 0.914. The van der Waals surface area contributed by atoms with Gasteiger partial charge in [0.15, 0.2) is 17.4 Å². The fraction of sp³-hybridized carbons (Fsp3) is 0.333. The van der Waals surface area contributed by atoms with Gasteiger partial charge in [0, 0.05) is 5.56 Å². The highest BCUT2D eigenvalue weighted by Crippen LogP contribution is 2.28. The standard InChI is InChI=1S/C15H16F2N2O3/c1-7-11(8(2)22-19-7)15(3,4)18-14(21)9-5-6-10(16)13(20)12(9)17/h5-6,20H,1-4H3,(H,18,21). The minimum absolute atomic E-state index is 0.446. The van der Waals surface area contributed by atoms with Gasteiger partial charge in [-0.05, 0) is 39.8 Å². The molecule has 2 aromatic rings. The number of rotatable bonds is 3. The second kappa shape index (κ2) is 5.40. The number of aromatic hydroxyl groups is 1. The van der Waals surface area contributed by atoms with E-state index in [0.717, 1.165) is 12.1 Å². The molecule has 0 bridgehead atoms. The molecule has 22 heavy (non-hydrogen) atoms. The van der Waals surface area contributed by atoms with Crippen molar-refractivity contribution in [2.75, 3.05) is 0 Å². The lowest BCUT2D eigenvalue weighted by Crippen LogP contribution is -2.42. The molecule has 0 radical (unpaired) electrons. The SMILES string of the molecule is Cc1noc(C)c1C(C)(C)NC(=O)c1ccc(F)c(O)c1F. The van der Waals surface area contributed by atoms with Gasteiger partial charge in [0.25, 0.3) is 5.91 Å². The Kier molecular flexibility index (Phi) is 3.91. The molecule has 0 aliphatic heterocycles. The van der Waals surface area contributed by atoms with E-state index in [1.54, 1.807) is 27.7 Å². The van der Waals surface area contributed by atoms with Crippen molar-refractivity contribution in [1.82, 2.24) is 10.5 Å². The first-order valence-corrected chi connectivity index (χ1v) is 6.58. The third kappa shape index (κ3) is 2.66. The van der Waals surface area contributed by atoms with E-state index >= 15 is 0 Å². The Morgan fingerprint density at radius 1 is 1.32 bits per heavy atom. The molecular weight excluding hydrogens is 294 g/mol. The van der Waals surface area contributed by atoms with Crippen LogP contribution < -0.4 is 5.32 Å². The second-order valence-corrected chi connectivity index (χ2v) is 5.54. The van der Waals surface area contributed by atoms with Crippen molar-refractivity contribution in [2.45, 2.75) is 33.2 Å². The summed E-state index contributed by atoms with van der Waals surface area (Å²) >= 11 is 0. The summed E-state index contributed by atoms with van der Waals surface area (Å²) < 4.78 is 31.9. The number of aryl methyl sites for hydroxylation is 2. The molecule has 0 fully saturated rings. The van der Waals surface area contributed by atoms with Gasteiger partial charge in [0.05, 0.1) is 16.8 Å². The average Bonchev–Trinajstić information content (AvgIpc) is 2.75. The Balaban J connectivity index is 2.35. The van der Waals surface area contributed by atoms with Crippen LogP contribution in [0.1, 0.15) is 41.2 Å². The van der Waals surface area contributed by atoms with E-state index in [4.69, 9.17) is 4.52 Å². The van der Waals surface area contributed by atoms with Crippen molar-refractivity contribution in [3.63, 3.8) is 0 Å². The number of benzene rings is 1. The molecule has 0 aliphatic carbocycles. The van der Waals surface area contributed by atoms with Crippen LogP contribution in [0.2, 0.25) is 0 Å². The molecule has 2 N–H and O–H groups in total. The number of aromatic nitrogens is 1. The summed E-state index contributed by atoms with van der Waals surface area (Å²) in [6.07, 6.45) is 0. The van der Waals surface area contributed by atoms with Crippen molar-refractivity contribution in [3.8, 4) is 5.75 Å². The van der Waals surface area contributed by atoms with E-state index in [0.29, 0.717) is 17.0 Å². The molecule has 0 aliphatic rings. The van der Waals surface area contributed by atoms with Gasteiger partial charge < -0.3 is 14.9 Å². The predicted octanol–water partition coefficient (Wildman–Crippen LogP) is 2.94. The molecule has 1 heterocycles. The maximum absolute atomic E-state index is 13.8. The Bertz CT molecular complexity index is 719. The molecule has 0 unspecified atom stereocenters. The molecule has 0 atom stereocenters. The number of phenolic OH excluding ortho intramolecular Hbond substituents is 1. The summed E-state index contributed by atoms with van der Waals surface area (Å²) in [6.45, 7) is 6.84. The summed E-state index contributed by atoms with van der Waals surface area (Å²) in [5.41, 5.74) is -0.0571. The Labute approximate surface area is 125 Å². The fourth-order valence-corrected chi connectivity index (χ4v) is 2.51. The molecule has 0 saturated carbocycles. The van der Waals surface area contributed by atoms with Gasteiger partial charge in [-0.2, -0.15) is 0 Å². The molecular formula is C15H16F2N2O3. The van der Waals surface area contributed by atoms with Gasteiger partial charge in [-0.25, -0.2) is 8.78 Å². The van der Waals surface area contributed by atoms with Crippen LogP contribution in [0, 0.1) is 25.5 Å². The van der Waals surface area contributed by atoms with Crippen LogP contribution in [0.3, 0.4) is 0 Å². The molecule has 1 aromatic carbocycles. The van der Waals surface area contributed by atoms with Gasteiger partial charge in [-0.1, -0.05) is 5.16 Å². The first-order chi connectivity index (χ1) is 10.1. The van der Waals surface area contributed by atoms with Crippen molar-refractivity contribution in [3.05, 3.63) is 46.3 Å². The van der Waals surface area contributed by atoms with Crippen molar-refractivity contribution >= 4 is 5.91 Å². The third-order valence-electron chi connectivity index (χ3n) is 3.40. The monoisotopic (exact) mass is 310 g/mol. The lowest BCUT2D eigenvalue weighted by atomic mass is 9.92. The van der Waals surface area contributed by atoms with E-state index in [1.165, 1.54) is 0 Å². The fourth-order valence-electron chi connectivity index (χ4n) is 2.51. The van der Waals surface area contributed by atoms with Crippen LogP contribution in [-0.4, -0.2) is 16.2 Å². The first kappa shape index (κ1) is 15.9. The van der Waals surface area contributed by atoms with Gasteiger partial charge in [-0.3, -0.25) is 4.79 Å². The number of nitrogens with zero attached hydrogens (tertiary/aromatic N) is 1. The maximum Gasteiger partial charge on any atom is 0.255 e. The molecule has 1 aromatic heterocycles. The number of amides is 1. The molecule has 5 nitrogen and oxygen atoms in total. The molecule has 7 heteroatoms. The number of nitrogens with one attached hydrogen (secondary N) is 1. The van der Waals surface area contributed by atoms with Crippen LogP contribution >= 0.6 is 0 Å². The van der Waals surface area contributed by atoms with E-state index in [2.05, 4.69) is 10.5 Å². The van der Waals surface area contributed by atoms with E-state index < -0.39 is 34.4 Å². The summed E-state index contributed by atoms with van der Waals surface area (Å²) in [5.74, 6) is -3.85. The summed E-state index contributed by atoms with van der Waals surface area (Å²) in [4.78, 5) is 12.2. The minimum Gasteiger partial charge on any atom is -0.503 e. The van der Waals surface area contributed by atoms with Crippen LogP contribution in [0.25, 0.3) is 0 Å². The molecule has 118 valence electrons. The number of carbonyl (C=O) groups is 1. The Morgan fingerprint density at radius 3 is 2.50 bits per heavy atom. The summed E-state index contributed by atoms with van der Waals surface area (Å²) in [5, 5.41) is 15.7. The maximum atomic E-state index is 13.8. The number of hydrogen-bond acceptors (Lipinski definition) is 4. The number of phenols is 1. The molecule has 1 amide bonds. The van der Waals surface area contributed by atoms with Crippen LogP contribution in [0.5, 0.6) is 5.75 Å². The highest BCUT2D eigenvalue weighted by molar-refractivity contribution is 5.95. The summed E-state index contributed by atoms with van der Waals surface area (Å²) in [6, 6.07) is 1.80. The second-order valence-electron chi connectivity index (χ2n) is 5.54. The van der Waals surface area contributed by atoms with Gasteiger partial charge in [0.2, 0.25) is 0 Å². The van der Waals surface area contributed by atoms with Crippen molar-refractivity contribution in [2.24, 2.45) is 0 Å². The average molecular weight is 310 g/mol. The highest BCUT2D eigenvalue weighted by Gasteiger charge is 2.31. The third-order valence-corrected chi connectivity index (χ3v) is 3.40. The number of hydrogen-bond donors (Lipinski definition) is 2. The van der Waals surface area contributed by atoms with E-state index in [1.807, 2.05) is 0 Å². The highest BCUT2D eigenvalue weighted by atomic mass is 19.1. The predicted molar refractivity (Wildman–Crippen MR) is 74.5 cm³/mol. The van der Waals surface area contributed by atoms with Gasteiger partial charge in [0.1, 0.15) is 5.76 Å². The van der Waals surface area contributed by atoms with Gasteiger partial charge >= 0.3 is 0 Å². The Hall–Kier alpha value is -2.44. The van der Waals surface area contributed by atoms with Crippen LogP contribution in [0.15, 0.2) is 16.7 Å². The zero-order valence-electron chi connectivity index (χ0n) is 12.6. The largest absolute Gasteiger partial charge is 0.503 e. The lowest BCUT2D eigenvalue weighted by molar-refractivity contribution is 0.0906. The summed E-state index contributed by atoms with van der Waals surface area (Å²) in [7, 11) is 0.